The highest BCUT2D eigenvalue weighted by Crippen LogP contribution is 2.14. The van der Waals surface area contributed by atoms with Crippen molar-refractivity contribution < 1.29 is 14.1 Å². The van der Waals surface area contributed by atoms with Gasteiger partial charge in [-0.1, -0.05) is 0 Å². The van der Waals surface area contributed by atoms with Gasteiger partial charge in [-0.25, -0.2) is 9.00 Å². The van der Waals surface area contributed by atoms with Crippen LogP contribution < -0.4 is 0 Å². The largest absolute Gasteiger partial charge is 0.465 e. The Morgan fingerprint density at radius 2 is 2.00 bits per heavy atom. The molecule has 1 amide bonds. The summed E-state index contributed by atoms with van der Waals surface area (Å²) in [6, 6.07) is 0. The van der Waals surface area contributed by atoms with Crippen LogP contribution in [0.1, 0.15) is 20.8 Å². The molecule has 14 heavy (non-hydrogen) atoms. The molecule has 1 heterocycles. The van der Waals surface area contributed by atoms with Crippen molar-refractivity contribution in [2.45, 2.75) is 25.5 Å². The van der Waals surface area contributed by atoms with Crippen LogP contribution in [0.4, 0.5) is 4.79 Å². The molecular formula is C8H14N2O3S. The molecule has 0 saturated carbocycles. The first-order valence-corrected chi connectivity index (χ1v) is 5.37. The highest BCUT2D eigenvalue weighted by molar-refractivity contribution is 7.85. The minimum Gasteiger partial charge on any atom is -0.465 e. The van der Waals surface area contributed by atoms with Crippen LogP contribution in [0.15, 0.2) is 4.40 Å². The van der Waals surface area contributed by atoms with Crippen LogP contribution in [-0.2, 0) is 11.0 Å². The van der Waals surface area contributed by atoms with Gasteiger partial charge in [0.05, 0.1) is 23.5 Å². The van der Waals surface area contributed by atoms with E-state index in [1.807, 2.05) is 20.8 Å². The predicted octanol–water partition coefficient (Wildman–Crippen LogP) is 0.883. The van der Waals surface area contributed by atoms with E-state index in [1.165, 1.54) is 4.90 Å². The molecule has 1 unspecified atom stereocenters. The van der Waals surface area contributed by atoms with E-state index in [9.17, 15) is 9.00 Å². The normalized spacial score (nSPS) is 18.8. The molecule has 1 N–H and O–H groups in total. The van der Waals surface area contributed by atoms with E-state index in [0.717, 1.165) is 0 Å². The van der Waals surface area contributed by atoms with Crippen LogP contribution in [-0.4, -0.2) is 43.9 Å². The van der Waals surface area contributed by atoms with Crippen molar-refractivity contribution in [2.24, 2.45) is 4.40 Å². The minimum absolute atomic E-state index is 0.289. The van der Waals surface area contributed by atoms with Crippen LogP contribution in [0.25, 0.3) is 0 Å². The van der Waals surface area contributed by atoms with E-state index < -0.39 is 17.1 Å². The number of carboxylic acid groups (broad SMARTS) is 1. The molecule has 0 aliphatic carbocycles. The van der Waals surface area contributed by atoms with Crippen molar-refractivity contribution in [3.63, 3.8) is 0 Å². The summed E-state index contributed by atoms with van der Waals surface area (Å²) >= 11 is 0. The van der Waals surface area contributed by atoms with Gasteiger partial charge in [-0.05, 0) is 20.8 Å². The van der Waals surface area contributed by atoms with Crippen LogP contribution in [0.5, 0.6) is 0 Å². The fourth-order valence-electron chi connectivity index (χ4n) is 0.841. The molecule has 0 radical (unpaired) electrons. The van der Waals surface area contributed by atoms with Crippen LogP contribution >= 0.6 is 0 Å². The van der Waals surface area contributed by atoms with Gasteiger partial charge in [-0.2, -0.15) is 4.40 Å². The summed E-state index contributed by atoms with van der Waals surface area (Å²) in [7, 11) is -1.28. The Labute approximate surface area is 85.4 Å². The number of hydrogen-bond donors (Lipinski definition) is 1. The molecule has 0 aromatic rings. The Morgan fingerprint density at radius 3 is 2.36 bits per heavy atom. The third-order valence-electron chi connectivity index (χ3n) is 1.75. The molecule has 0 spiro atoms. The quantitative estimate of drug-likeness (QED) is 0.710. The van der Waals surface area contributed by atoms with E-state index in [-0.39, 0.29) is 17.8 Å². The van der Waals surface area contributed by atoms with Crippen molar-refractivity contribution in [1.82, 2.24) is 4.90 Å². The summed E-state index contributed by atoms with van der Waals surface area (Å²) in [6.45, 7) is 6.08. The van der Waals surface area contributed by atoms with Gasteiger partial charge < -0.3 is 5.11 Å². The summed E-state index contributed by atoms with van der Waals surface area (Å²) in [5.74, 6) is 0. The average molecular weight is 218 g/mol. The summed E-state index contributed by atoms with van der Waals surface area (Å²) in [6.07, 6.45) is -0.953. The van der Waals surface area contributed by atoms with Gasteiger partial charge in [-0.15, -0.1) is 0 Å². The molecule has 5 nitrogen and oxygen atoms in total. The molecule has 0 aromatic carbocycles. The number of amides is 1. The molecular weight excluding hydrogens is 204 g/mol. The highest BCUT2D eigenvalue weighted by atomic mass is 32.2. The maximum Gasteiger partial charge on any atom is 0.407 e. The lowest BCUT2D eigenvalue weighted by atomic mass is 10.2. The first kappa shape index (κ1) is 11.2. The number of nitrogens with zero attached hydrogens (tertiary/aromatic N) is 2. The first-order chi connectivity index (χ1) is 6.30. The summed E-state index contributed by atoms with van der Waals surface area (Å²) in [5, 5.41) is 8.54. The van der Waals surface area contributed by atoms with Crippen LogP contribution in [0, 0.1) is 0 Å². The second-order valence-corrected chi connectivity index (χ2v) is 6.06. The zero-order chi connectivity index (χ0) is 10.9. The van der Waals surface area contributed by atoms with Gasteiger partial charge in [0, 0.05) is 0 Å². The Balaban J connectivity index is 2.51. The topological polar surface area (TPSA) is 70.0 Å². The van der Waals surface area contributed by atoms with Crippen molar-refractivity contribution in [2.75, 3.05) is 13.1 Å². The van der Waals surface area contributed by atoms with E-state index >= 15 is 0 Å². The van der Waals surface area contributed by atoms with Gasteiger partial charge in [0.1, 0.15) is 11.0 Å². The van der Waals surface area contributed by atoms with E-state index in [0.29, 0.717) is 5.71 Å². The van der Waals surface area contributed by atoms with E-state index in [1.54, 1.807) is 0 Å². The second kappa shape index (κ2) is 3.68. The molecule has 80 valence electrons. The monoisotopic (exact) mass is 218 g/mol. The van der Waals surface area contributed by atoms with Gasteiger partial charge in [0.25, 0.3) is 0 Å². The number of likely N-dealkylation sites (tertiary alicyclic amines) is 1. The molecule has 1 rings (SSSR count). The average Bonchev–Trinajstić information content (AvgIpc) is 1.92. The fourth-order valence-corrected chi connectivity index (χ4v) is 1.47. The molecule has 1 aliphatic rings. The molecule has 0 bridgehead atoms. The molecule has 1 fully saturated rings. The third-order valence-corrected chi connectivity index (χ3v) is 3.22. The summed E-state index contributed by atoms with van der Waals surface area (Å²) in [4.78, 5) is 11.6. The fraction of sp³-hybridized carbons (Fsp3) is 0.750. The SMILES string of the molecule is CC(C)(C)S(=O)N=C1CN(C(=O)O)C1. The second-order valence-electron chi connectivity index (χ2n) is 4.16. The number of carbonyl (C=O) groups is 1. The number of rotatable bonds is 1. The van der Waals surface area contributed by atoms with Gasteiger partial charge >= 0.3 is 6.09 Å². The molecule has 1 aliphatic heterocycles. The van der Waals surface area contributed by atoms with Crippen LogP contribution in [0.3, 0.4) is 0 Å². The van der Waals surface area contributed by atoms with Crippen molar-refractivity contribution in [3.05, 3.63) is 0 Å². The van der Waals surface area contributed by atoms with Crippen molar-refractivity contribution in [3.8, 4) is 0 Å². The van der Waals surface area contributed by atoms with E-state index in [4.69, 9.17) is 5.11 Å². The van der Waals surface area contributed by atoms with Gasteiger partial charge in [0.15, 0.2) is 0 Å². The maximum absolute atomic E-state index is 11.5. The van der Waals surface area contributed by atoms with Crippen LogP contribution in [0.2, 0.25) is 0 Å². The Bertz CT molecular complexity index is 298. The van der Waals surface area contributed by atoms with Gasteiger partial charge in [-0.3, -0.25) is 4.90 Å². The van der Waals surface area contributed by atoms with Crippen molar-refractivity contribution >= 4 is 22.8 Å². The standard InChI is InChI=1S/C8H14N2O3S/c1-8(2,3)14(13)9-6-4-10(5-6)7(11)12/h4-5H2,1-3H3,(H,11,12). The Hall–Kier alpha value is -0.910. The summed E-state index contributed by atoms with van der Waals surface area (Å²) < 4.78 is 15.1. The predicted molar refractivity (Wildman–Crippen MR) is 54.9 cm³/mol. The lowest BCUT2D eigenvalue weighted by molar-refractivity contribution is 0.149. The smallest absolute Gasteiger partial charge is 0.407 e. The summed E-state index contributed by atoms with van der Waals surface area (Å²) in [5.41, 5.74) is 0.695. The highest BCUT2D eigenvalue weighted by Gasteiger charge is 2.28. The molecule has 1 atom stereocenters. The first-order valence-electron chi connectivity index (χ1n) is 4.27. The van der Waals surface area contributed by atoms with Gasteiger partial charge in [0.2, 0.25) is 0 Å². The zero-order valence-corrected chi connectivity index (χ0v) is 9.30. The van der Waals surface area contributed by atoms with E-state index in [2.05, 4.69) is 4.40 Å². The Kier molecular flexibility index (Phi) is 2.94. The lowest BCUT2D eigenvalue weighted by Gasteiger charge is -2.30. The maximum atomic E-state index is 11.5. The Morgan fingerprint density at radius 1 is 1.50 bits per heavy atom. The third kappa shape index (κ3) is 2.54. The molecule has 6 heteroatoms. The lowest BCUT2D eigenvalue weighted by Crippen LogP contribution is -2.50. The minimum atomic E-state index is -1.28. The number of hydrogen-bond acceptors (Lipinski definition) is 2. The van der Waals surface area contributed by atoms with Crippen molar-refractivity contribution in [1.29, 1.82) is 0 Å². The molecule has 0 aromatic heterocycles. The zero-order valence-electron chi connectivity index (χ0n) is 8.48. The molecule has 1 saturated heterocycles.